The van der Waals surface area contributed by atoms with Gasteiger partial charge >= 0.3 is 0 Å². The molecular formula is C21H15ClN2OS. The number of hydrogen-bond donors (Lipinski definition) is 0. The van der Waals surface area contributed by atoms with E-state index < -0.39 is 0 Å². The molecule has 0 unspecified atom stereocenters. The van der Waals surface area contributed by atoms with Crippen molar-refractivity contribution in [3.05, 3.63) is 98.9 Å². The lowest BCUT2D eigenvalue weighted by Gasteiger charge is -2.16. The fourth-order valence-electron chi connectivity index (χ4n) is 2.98. The van der Waals surface area contributed by atoms with Gasteiger partial charge in [0.25, 0.3) is 5.56 Å². The van der Waals surface area contributed by atoms with E-state index in [9.17, 15) is 4.79 Å². The van der Waals surface area contributed by atoms with Crippen LogP contribution in [0.1, 0.15) is 17.0 Å². The van der Waals surface area contributed by atoms with Gasteiger partial charge < -0.3 is 0 Å². The van der Waals surface area contributed by atoms with Crippen LogP contribution in [0.3, 0.4) is 0 Å². The Kier molecular flexibility index (Phi) is 4.23. The number of aromatic nitrogens is 2. The van der Waals surface area contributed by atoms with Crippen molar-refractivity contribution in [2.75, 3.05) is 0 Å². The predicted octanol–water partition coefficient (Wildman–Crippen LogP) is 5.47. The van der Waals surface area contributed by atoms with Crippen molar-refractivity contribution in [3.8, 4) is 5.69 Å². The first-order valence-electron chi connectivity index (χ1n) is 8.08. The quantitative estimate of drug-likeness (QED) is 0.473. The van der Waals surface area contributed by atoms with Crippen LogP contribution in [0.2, 0.25) is 5.02 Å². The molecule has 2 aromatic heterocycles. The maximum absolute atomic E-state index is 13.2. The Bertz CT molecular complexity index is 1210. The van der Waals surface area contributed by atoms with Gasteiger partial charge in [-0.15, -0.1) is 11.3 Å². The van der Waals surface area contributed by atoms with E-state index in [4.69, 9.17) is 16.6 Å². The number of para-hydroxylation sites is 1. The number of thiophene rings is 1. The van der Waals surface area contributed by atoms with Crippen LogP contribution >= 0.6 is 22.9 Å². The summed E-state index contributed by atoms with van der Waals surface area (Å²) in [6, 6.07) is 17.1. The average molecular weight is 379 g/mol. The van der Waals surface area contributed by atoms with Crippen LogP contribution in [0.4, 0.5) is 0 Å². The molecule has 5 heteroatoms. The van der Waals surface area contributed by atoms with Crippen molar-refractivity contribution in [1.82, 2.24) is 9.55 Å². The summed E-state index contributed by atoms with van der Waals surface area (Å²) in [5.74, 6) is 0.503. The van der Waals surface area contributed by atoms with Gasteiger partial charge in [0.1, 0.15) is 10.5 Å². The van der Waals surface area contributed by atoms with E-state index in [1.54, 1.807) is 10.6 Å². The highest BCUT2D eigenvalue weighted by Gasteiger charge is 2.19. The van der Waals surface area contributed by atoms with E-state index in [0.717, 1.165) is 16.8 Å². The molecule has 0 bridgehead atoms. The van der Waals surface area contributed by atoms with Gasteiger partial charge in [0.15, 0.2) is 0 Å². The normalized spacial score (nSPS) is 11.0. The predicted molar refractivity (Wildman–Crippen MR) is 110 cm³/mol. The van der Waals surface area contributed by atoms with E-state index in [1.807, 2.05) is 60.8 Å². The maximum atomic E-state index is 13.2. The third kappa shape index (κ3) is 2.68. The molecule has 4 aromatic rings. The minimum absolute atomic E-state index is 0.0949. The molecule has 0 N–H and O–H groups in total. The molecule has 0 saturated heterocycles. The zero-order valence-electron chi connectivity index (χ0n) is 14.1. The summed E-state index contributed by atoms with van der Waals surface area (Å²) in [5.41, 5.74) is 3.74. The second-order valence-corrected chi connectivity index (χ2v) is 7.28. The lowest BCUT2D eigenvalue weighted by Crippen LogP contribution is -2.23. The van der Waals surface area contributed by atoms with Gasteiger partial charge in [-0.2, -0.15) is 0 Å². The van der Waals surface area contributed by atoms with Crippen molar-refractivity contribution in [3.63, 3.8) is 0 Å². The Morgan fingerprint density at radius 1 is 1.12 bits per heavy atom. The molecule has 3 nitrogen and oxygen atoms in total. The minimum atomic E-state index is -0.0949. The van der Waals surface area contributed by atoms with Crippen LogP contribution in [0.5, 0.6) is 0 Å². The largest absolute Gasteiger partial charge is 0.276 e. The number of aryl methyl sites for hydroxylation is 1. The summed E-state index contributed by atoms with van der Waals surface area (Å²) in [6.45, 7) is 6.18. The second kappa shape index (κ2) is 6.56. The topological polar surface area (TPSA) is 34.9 Å². The first-order chi connectivity index (χ1) is 12.6. The fraction of sp³-hybridized carbons (Fsp3) is 0.0476. The standard InChI is InChI=1S/C21H15ClN2OS/c1-13-7-3-6-10-18(13)24-20(14(2)15-8-4-5-9-16(15)22)23-17-11-12-26-19(17)21(24)25/h3-12H,2H2,1H3. The SMILES string of the molecule is C=C(c1ccccc1Cl)c1nc2ccsc2c(=O)n1-c1ccccc1C. The number of halogens is 1. The molecule has 0 aliphatic carbocycles. The lowest BCUT2D eigenvalue weighted by molar-refractivity contribution is 0.929. The highest BCUT2D eigenvalue weighted by Crippen LogP contribution is 2.29. The van der Waals surface area contributed by atoms with Crippen molar-refractivity contribution in [2.45, 2.75) is 6.92 Å². The molecule has 0 spiro atoms. The van der Waals surface area contributed by atoms with Crippen molar-refractivity contribution in [1.29, 1.82) is 0 Å². The van der Waals surface area contributed by atoms with Gasteiger partial charge in [-0.1, -0.05) is 54.6 Å². The summed E-state index contributed by atoms with van der Waals surface area (Å²) >= 11 is 7.76. The lowest BCUT2D eigenvalue weighted by atomic mass is 10.1. The zero-order chi connectivity index (χ0) is 18.3. The Hall–Kier alpha value is -2.69. The number of rotatable bonds is 3. The van der Waals surface area contributed by atoms with Gasteiger partial charge in [0.05, 0.1) is 11.2 Å². The number of benzene rings is 2. The van der Waals surface area contributed by atoms with E-state index in [1.165, 1.54) is 11.3 Å². The summed E-state index contributed by atoms with van der Waals surface area (Å²) in [4.78, 5) is 18.0. The van der Waals surface area contributed by atoms with Crippen molar-refractivity contribution >= 4 is 38.7 Å². The molecule has 0 saturated carbocycles. The third-order valence-electron chi connectivity index (χ3n) is 4.31. The van der Waals surface area contributed by atoms with Gasteiger partial charge in [-0.05, 0) is 36.1 Å². The molecule has 2 aromatic carbocycles. The highest BCUT2D eigenvalue weighted by atomic mass is 35.5. The Morgan fingerprint density at radius 3 is 2.62 bits per heavy atom. The van der Waals surface area contributed by atoms with Gasteiger partial charge in [-0.3, -0.25) is 9.36 Å². The van der Waals surface area contributed by atoms with Gasteiger partial charge in [0.2, 0.25) is 0 Å². The Labute approximate surface area is 159 Å². The highest BCUT2D eigenvalue weighted by molar-refractivity contribution is 7.17. The molecule has 26 heavy (non-hydrogen) atoms. The summed E-state index contributed by atoms with van der Waals surface area (Å²) in [6.07, 6.45) is 0. The van der Waals surface area contributed by atoms with E-state index in [0.29, 0.717) is 26.6 Å². The Balaban J connectivity index is 2.07. The van der Waals surface area contributed by atoms with Crippen LogP contribution in [-0.4, -0.2) is 9.55 Å². The smallest absolute Gasteiger partial charge is 0.267 e. The van der Waals surface area contributed by atoms with Crippen LogP contribution in [0, 0.1) is 6.92 Å². The second-order valence-electron chi connectivity index (χ2n) is 5.96. The van der Waals surface area contributed by atoms with E-state index in [2.05, 4.69) is 6.58 Å². The average Bonchev–Trinajstić information content (AvgIpc) is 3.11. The first-order valence-corrected chi connectivity index (χ1v) is 9.34. The van der Waals surface area contributed by atoms with Gasteiger partial charge in [-0.25, -0.2) is 4.98 Å². The molecule has 128 valence electrons. The molecule has 0 atom stereocenters. The molecule has 0 aliphatic heterocycles. The maximum Gasteiger partial charge on any atom is 0.276 e. The Morgan fingerprint density at radius 2 is 1.85 bits per heavy atom. The van der Waals surface area contributed by atoms with Crippen LogP contribution in [-0.2, 0) is 0 Å². The molecular weight excluding hydrogens is 364 g/mol. The summed E-state index contributed by atoms with van der Waals surface area (Å²) in [5, 5.41) is 2.46. The number of nitrogens with zero attached hydrogens (tertiary/aromatic N) is 2. The first kappa shape index (κ1) is 16.8. The van der Waals surface area contributed by atoms with Crippen LogP contribution in [0.25, 0.3) is 21.5 Å². The van der Waals surface area contributed by atoms with Crippen LogP contribution < -0.4 is 5.56 Å². The number of fused-ring (bicyclic) bond motifs is 1. The van der Waals surface area contributed by atoms with Gasteiger partial charge in [0, 0.05) is 16.2 Å². The minimum Gasteiger partial charge on any atom is -0.267 e. The van der Waals surface area contributed by atoms with E-state index >= 15 is 0 Å². The summed E-state index contributed by atoms with van der Waals surface area (Å²) in [7, 11) is 0. The third-order valence-corrected chi connectivity index (χ3v) is 5.53. The monoisotopic (exact) mass is 378 g/mol. The summed E-state index contributed by atoms with van der Waals surface area (Å²) < 4.78 is 2.27. The molecule has 2 heterocycles. The molecule has 0 fully saturated rings. The molecule has 4 rings (SSSR count). The fourth-order valence-corrected chi connectivity index (χ4v) is 3.99. The molecule has 0 radical (unpaired) electrons. The number of hydrogen-bond acceptors (Lipinski definition) is 3. The zero-order valence-corrected chi connectivity index (χ0v) is 15.6. The molecule has 0 amide bonds. The van der Waals surface area contributed by atoms with E-state index in [-0.39, 0.29) is 5.56 Å². The molecule has 0 aliphatic rings. The van der Waals surface area contributed by atoms with Crippen LogP contribution in [0.15, 0.2) is 71.4 Å². The van der Waals surface area contributed by atoms with Crippen molar-refractivity contribution in [2.24, 2.45) is 0 Å². The van der Waals surface area contributed by atoms with Crippen molar-refractivity contribution < 1.29 is 0 Å².